The lowest BCUT2D eigenvalue weighted by atomic mass is 9.92. The van der Waals surface area contributed by atoms with Gasteiger partial charge in [0, 0.05) is 11.5 Å². The number of thiazole rings is 1. The van der Waals surface area contributed by atoms with Gasteiger partial charge in [-0.25, -0.2) is 4.98 Å². The molecule has 4 aromatic rings. The first kappa shape index (κ1) is 21.2. The Bertz CT molecular complexity index is 1400. The minimum absolute atomic E-state index is 0.371. The summed E-state index contributed by atoms with van der Waals surface area (Å²) in [6, 6.07) is 19.2. The summed E-state index contributed by atoms with van der Waals surface area (Å²) < 4.78 is 17.7. The summed E-state index contributed by atoms with van der Waals surface area (Å²) in [5, 5.41) is 2.47. The van der Waals surface area contributed by atoms with E-state index in [9.17, 15) is 9.59 Å². The van der Waals surface area contributed by atoms with Gasteiger partial charge >= 0.3 is 17.7 Å². The molecule has 0 amide bonds. The number of rotatable bonds is 4. The van der Waals surface area contributed by atoms with Gasteiger partial charge in [-0.15, -0.1) is 11.3 Å². The average Bonchev–Trinajstić information content (AvgIpc) is 3.27. The van der Waals surface area contributed by atoms with Crippen LogP contribution in [0.5, 0.6) is 5.75 Å². The van der Waals surface area contributed by atoms with E-state index in [1.165, 1.54) is 25.2 Å². The van der Waals surface area contributed by atoms with Crippen molar-refractivity contribution in [3.63, 3.8) is 0 Å². The topological polar surface area (TPSA) is 74.7 Å². The molecule has 1 aromatic heterocycles. The van der Waals surface area contributed by atoms with Crippen molar-refractivity contribution in [1.82, 2.24) is 4.98 Å². The van der Waals surface area contributed by atoms with E-state index in [1.807, 2.05) is 60.7 Å². The molecule has 0 bridgehead atoms. The van der Waals surface area contributed by atoms with Crippen LogP contribution in [-0.4, -0.2) is 24.0 Å². The predicted molar refractivity (Wildman–Crippen MR) is 127 cm³/mol. The average molecular weight is 460 g/mol. The van der Waals surface area contributed by atoms with Gasteiger partial charge in [-0.2, -0.15) is 0 Å². The number of hydrogen-bond donors (Lipinski definition) is 0. The number of methoxy groups -OCH3 is 1. The minimum atomic E-state index is -1.76. The Kier molecular flexibility index (Phi) is 4.94. The van der Waals surface area contributed by atoms with Crippen molar-refractivity contribution in [1.29, 1.82) is 0 Å². The van der Waals surface area contributed by atoms with Crippen molar-refractivity contribution < 1.29 is 23.8 Å². The highest BCUT2D eigenvalue weighted by Gasteiger charge is 2.55. The number of fused-ring (bicyclic) bond motifs is 3. The third-order valence-electron chi connectivity index (χ3n) is 5.70. The maximum atomic E-state index is 12.8. The molecule has 6 nitrogen and oxygen atoms in total. The zero-order valence-corrected chi connectivity index (χ0v) is 19.1. The second-order valence-corrected chi connectivity index (χ2v) is 9.33. The van der Waals surface area contributed by atoms with E-state index in [0.29, 0.717) is 5.01 Å². The summed E-state index contributed by atoms with van der Waals surface area (Å²) in [5.41, 5.74) is 0.155. The van der Waals surface area contributed by atoms with Crippen LogP contribution in [0.15, 0.2) is 66.7 Å². The molecule has 1 aliphatic heterocycles. The number of cyclic esters (lactones) is 2. The minimum Gasteiger partial charge on any atom is -0.497 e. The highest BCUT2D eigenvalue weighted by Crippen LogP contribution is 2.43. The molecule has 5 rings (SSSR count). The van der Waals surface area contributed by atoms with Crippen molar-refractivity contribution in [3.05, 3.63) is 77.3 Å². The largest absolute Gasteiger partial charge is 0.497 e. The number of carbonyl (C=O) groups excluding carboxylic acids is 2. The molecule has 0 radical (unpaired) electrons. The van der Waals surface area contributed by atoms with Crippen molar-refractivity contribution >= 4 is 50.3 Å². The smallest absolute Gasteiger partial charge is 0.330 e. The van der Waals surface area contributed by atoms with Gasteiger partial charge in [-0.05, 0) is 43.0 Å². The molecule has 7 heteroatoms. The van der Waals surface area contributed by atoms with Crippen molar-refractivity contribution in [2.45, 2.75) is 19.6 Å². The Labute approximate surface area is 194 Å². The van der Waals surface area contributed by atoms with E-state index < -0.39 is 23.1 Å². The van der Waals surface area contributed by atoms with Gasteiger partial charge in [-0.1, -0.05) is 48.5 Å². The normalized spacial score (nSPS) is 17.3. The van der Waals surface area contributed by atoms with E-state index in [2.05, 4.69) is 0 Å². The fourth-order valence-corrected chi connectivity index (χ4v) is 4.73. The van der Waals surface area contributed by atoms with Crippen molar-refractivity contribution in [2.24, 2.45) is 5.41 Å². The molecule has 33 heavy (non-hydrogen) atoms. The number of ether oxygens (including phenoxy) is 3. The highest BCUT2D eigenvalue weighted by molar-refractivity contribution is 7.19. The van der Waals surface area contributed by atoms with Crippen LogP contribution >= 0.6 is 11.3 Å². The molecule has 0 spiro atoms. The fourth-order valence-electron chi connectivity index (χ4n) is 3.59. The molecular formula is C26H21NO5S. The second kappa shape index (κ2) is 7.71. The molecule has 0 aliphatic carbocycles. The van der Waals surface area contributed by atoms with E-state index >= 15 is 0 Å². The summed E-state index contributed by atoms with van der Waals surface area (Å²) in [6.07, 6.45) is 3.31. The number of esters is 2. The molecule has 166 valence electrons. The quantitative estimate of drug-likeness (QED) is 0.298. The molecule has 1 saturated heterocycles. The van der Waals surface area contributed by atoms with Crippen LogP contribution in [-0.2, 0) is 24.8 Å². The number of hydrogen-bond acceptors (Lipinski definition) is 7. The fraction of sp³-hybridized carbons (Fsp3) is 0.192. The molecule has 0 atom stereocenters. The van der Waals surface area contributed by atoms with Gasteiger partial charge < -0.3 is 14.2 Å². The van der Waals surface area contributed by atoms with Crippen LogP contribution in [0.25, 0.3) is 27.1 Å². The third-order valence-corrected chi connectivity index (χ3v) is 6.90. The van der Waals surface area contributed by atoms with Crippen LogP contribution < -0.4 is 4.74 Å². The number of nitrogens with zero attached hydrogens (tertiary/aromatic N) is 1. The molecule has 0 unspecified atom stereocenters. The number of aromatic nitrogens is 1. The van der Waals surface area contributed by atoms with E-state index in [4.69, 9.17) is 19.2 Å². The van der Waals surface area contributed by atoms with Gasteiger partial charge in [0.2, 0.25) is 0 Å². The van der Waals surface area contributed by atoms with E-state index in [1.54, 1.807) is 19.3 Å². The molecule has 3 aromatic carbocycles. The van der Waals surface area contributed by atoms with Crippen LogP contribution in [0.1, 0.15) is 24.4 Å². The van der Waals surface area contributed by atoms with E-state index in [-0.39, 0.29) is 0 Å². The summed E-state index contributed by atoms with van der Waals surface area (Å²) in [7, 11) is 1.60. The monoisotopic (exact) mass is 459 g/mol. The van der Waals surface area contributed by atoms with Crippen LogP contribution in [0.2, 0.25) is 0 Å². The first-order chi connectivity index (χ1) is 15.8. The lowest BCUT2D eigenvalue weighted by molar-refractivity contribution is -0.248. The summed E-state index contributed by atoms with van der Waals surface area (Å²) in [6.45, 7) is 2.97. The maximum absolute atomic E-state index is 12.8. The Balaban J connectivity index is 1.65. The van der Waals surface area contributed by atoms with Gasteiger partial charge in [0.15, 0.2) is 10.4 Å². The lowest BCUT2D eigenvalue weighted by Crippen LogP contribution is -2.51. The van der Waals surface area contributed by atoms with Crippen LogP contribution in [0.3, 0.4) is 0 Å². The third kappa shape index (κ3) is 3.54. The summed E-state index contributed by atoms with van der Waals surface area (Å²) in [4.78, 5) is 30.4. The van der Waals surface area contributed by atoms with Crippen LogP contribution in [0.4, 0.5) is 0 Å². The SMILES string of the molecule is COc1ccc(C=CC2(c3nc4ccc5ccccc5c4s3)OC(=O)C(C)(C)C(=O)O2)cc1. The standard InChI is InChI=1S/C26H21NO5S/c1-25(2)23(28)31-26(32-24(25)29,15-14-16-8-11-18(30-3)12-9-16)22-27-20-13-10-17-6-4-5-7-19(17)21(20)33-22/h4-15H,1-3H3. The van der Waals surface area contributed by atoms with Crippen molar-refractivity contribution in [3.8, 4) is 5.75 Å². The van der Waals surface area contributed by atoms with Gasteiger partial charge in [0.25, 0.3) is 0 Å². The molecular weight excluding hydrogens is 438 g/mol. The zero-order chi connectivity index (χ0) is 23.2. The molecule has 1 fully saturated rings. The highest BCUT2D eigenvalue weighted by atomic mass is 32.1. The van der Waals surface area contributed by atoms with Crippen LogP contribution in [0, 0.1) is 5.41 Å². The first-order valence-electron chi connectivity index (χ1n) is 10.4. The second-order valence-electron chi connectivity index (χ2n) is 8.33. The lowest BCUT2D eigenvalue weighted by Gasteiger charge is -2.37. The van der Waals surface area contributed by atoms with Crippen molar-refractivity contribution in [2.75, 3.05) is 7.11 Å². The molecule has 2 heterocycles. The number of benzene rings is 3. The Morgan fingerprint density at radius 3 is 2.33 bits per heavy atom. The van der Waals surface area contributed by atoms with Gasteiger partial charge in [-0.3, -0.25) is 9.59 Å². The van der Waals surface area contributed by atoms with Gasteiger partial charge in [0.05, 0.1) is 17.3 Å². The molecule has 0 saturated carbocycles. The Morgan fingerprint density at radius 1 is 0.939 bits per heavy atom. The summed E-state index contributed by atoms with van der Waals surface area (Å²) in [5.74, 6) is -2.37. The van der Waals surface area contributed by atoms with E-state index in [0.717, 1.165) is 32.3 Å². The maximum Gasteiger partial charge on any atom is 0.330 e. The van der Waals surface area contributed by atoms with Gasteiger partial charge in [0.1, 0.15) is 5.75 Å². The first-order valence-corrected chi connectivity index (χ1v) is 11.2. The Morgan fingerprint density at radius 2 is 1.64 bits per heavy atom. The molecule has 0 N–H and O–H groups in total. The zero-order valence-electron chi connectivity index (χ0n) is 18.3. The molecule has 1 aliphatic rings. The predicted octanol–water partition coefficient (Wildman–Crippen LogP) is 5.45. The number of carbonyl (C=O) groups is 2. The summed E-state index contributed by atoms with van der Waals surface area (Å²) >= 11 is 1.34. The Hall–Kier alpha value is -3.71.